The molecular formula is C22H27F3N4O. The highest BCUT2D eigenvalue weighted by Crippen LogP contribution is 2.30. The van der Waals surface area contributed by atoms with Crippen LogP contribution >= 0.6 is 0 Å². The lowest BCUT2D eigenvalue weighted by Gasteiger charge is -2.33. The average Bonchev–Trinajstić information content (AvgIpc) is 2.67. The number of piperidine rings is 1. The van der Waals surface area contributed by atoms with Crippen molar-refractivity contribution in [2.45, 2.75) is 58.2 Å². The fourth-order valence-electron chi connectivity index (χ4n) is 3.50. The van der Waals surface area contributed by atoms with Gasteiger partial charge in [-0.2, -0.15) is 13.2 Å². The lowest BCUT2D eigenvalue weighted by Crippen LogP contribution is -2.45. The van der Waals surface area contributed by atoms with E-state index in [0.29, 0.717) is 31.5 Å². The summed E-state index contributed by atoms with van der Waals surface area (Å²) in [5.74, 6) is 0.234. The molecule has 1 N–H and O–H groups in total. The Hall–Kier alpha value is -2.64. The first kappa shape index (κ1) is 22.1. The van der Waals surface area contributed by atoms with Crippen LogP contribution in [0.2, 0.25) is 0 Å². The highest BCUT2D eigenvalue weighted by molar-refractivity contribution is 5.94. The quantitative estimate of drug-likeness (QED) is 0.794. The molecule has 2 aromatic rings. The third-order valence-corrected chi connectivity index (χ3v) is 5.28. The van der Waals surface area contributed by atoms with E-state index in [0.717, 1.165) is 11.6 Å². The summed E-state index contributed by atoms with van der Waals surface area (Å²) in [5, 5.41) is 3.03. The summed E-state index contributed by atoms with van der Waals surface area (Å²) in [4.78, 5) is 22.0. The molecule has 0 saturated carbocycles. The number of aromatic nitrogens is 2. The van der Waals surface area contributed by atoms with Gasteiger partial charge in [0.1, 0.15) is 17.3 Å². The van der Waals surface area contributed by atoms with Gasteiger partial charge in [-0.15, -0.1) is 0 Å². The third kappa shape index (κ3) is 5.29. The molecule has 0 bridgehead atoms. The van der Waals surface area contributed by atoms with Crippen molar-refractivity contribution in [3.63, 3.8) is 0 Å². The van der Waals surface area contributed by atoms with Crippen LogP contribution in [0, 0.1) is 6.92 Å². The maximum absolute atomic E-state index is 13.0. The molecule has 1 fully saturated rings. The molecule has 1 aliphatic heterocycles. The highest BCUT2D eigenvalue weighted by atomic mass is 19.4. The molecule has 1 amide bonds. The first-order chi connectivity index (χ1) is 13.9. The number of carbonyl (C=O) groups is 1. The van der Waals surface area contributed by atoms with Crippen molar-refractivity contribution in [2.24, 2.45) is 0 Å². The van der Waals surface area contributed by atoms with Crippen LogP contribution in [0.3, 0.4) is 0 Å². The van der Waals surface area contributed by atoms with Gasteiger partial charge < -0.3 is 10.2 Å². The van der Waals surface area contributed by atoms with Crippen LogP contribution < -0.4 is 10.2 Å². The fourth-order valence-corrected chi connectivity index (χ4v) is 3.50. The SMILES string of the molecule is Cc1nc(N2CCC(NC(=O)c3ccc(C(C)(C)C)cc3)CC2)cc(C(F)(F)F)n1. The fraction of sp³-hybridized carbons (Fsp3) is 0.500. The van der Waals surface area contributed by atoms with Crippen molar-refractivity contribution in [3.05, 3.63) is 53.0 Å². The second-order valence-corrected chi connectivity index (χ2v) is 8.72. The number of carbonyl (C=O) groups excluding carboxylic acids is 1. The second kappa shape index (κ2) is 8.24. The number of rotatable bonds is 3. The Morgan fingerprint density at radius 1 is 1.07 bits per heavy atom. The van der Waals surface area contributed by atoms with Crippen LogP contribution in [0.4, 0.5) is 19.0 Å². The molecule has 162 valence electrons. The van der Waals surface area contributed by atoms with Crippen molar-refractivity contribution in [3.8, 4) is 0 Å². The summed E-state index contributed by atoms with van der Waals surface area (Å²) in [6.07, 6.45) is -3.23. The maximum atomic E-state index is 13.0. The molecule has 0 spiro atoms. The molecule has 1 saturated heterocycles. The van der Waals surface area contributed by atoms with Gasteiger partial charge in [0.25, 0.3) is 5.91 Å². The van der Waals surface area contributed by atoms with Crippen LogP contribution in [0.15, 0.2) is 30.3 Å². The molecule has 0 atom stereocenters. The first-order valence-corrected chi connectivity index (χ1v) is 10.0. The minimum atomic E-state index is -4.50. The molecule has 1 aliphatic rings. The van der Waals surface area contributed by atoms with E-state index in [-0.39, 0.29) is 29.0 Å². The maximum Gasteiger partial charge on any atom is 0.433 e. The van der Waals surface area contributed by atoms with Crippen molar-refractivity contribution < 1.29 is 18.0 Å². The number of hydrogen-bond acceptors (Lipinski definition) is 4. The van der Waals surface area contributed by atoms with E-state index in [4.69, 9.17) is 0 Å². The number of alkyl halides is 3. The number of benzene rings is 1. The zero-order valence-electron chi connectivity index (χ0n) is 17.7. The van der Waals surface area contributed by atoms with Crippen molar-refractivity contribution in [1.29, 1.82) is 0 Å². The Bertz CT molecular complexity index is 896. The van der Waals surface area contributed by atoms with E-state index in [1.165, 1.54) is 6.92 Å². The number of anilines is 1. The average molecular weight is 420 g/mol. The summed E-state index contributed by atoms with van der Waals surface area (Å²) < 4.78 is 39.0. The van der Waals surface area contributed by atoms with E-state index in [2.05, 4.69) is 36.1 Å². The standard InChI is InChI=1S/C22H27F3N4O/c1-14-26-18(22(23,24)25)13-19(27-14)29-11-9-17(10-12-29)28-20(30)15-5-7-16(8-6-15)21(2,3)4/h5-8,13,17H,9-12H2,1-4H3,(H,28,30). The van der Waals surface area contributed by atoms with E-state index in [9.17, 15) is 18.0 Å². The Morgan fingerprint density at radius 3 is 2.20 bits per heavy atom. The lowest BCUT2D eigenvalue weighted by atomic mass is 9.86. The molecule has 2 heterocycles. The second-order valence-electron chi connectivity index (χ2n) is 8.72. The first-order valence-electron chi connectivity index (χ1n) is 10.0. The summed E-state index contributed by atoms with van der Waals surface area (Å²) in [6.45, 7) is 8.84. The summed E-state index contributed by atoms with van der Waals surface area (Å²) in [7, 11) is 0. The Balaban J connectivity index is 1.60. The summed E-state index contributed by atoms with van der Waals surface area (Å²) in [6, 6.07) is 8.55. The summed E-state index contributed by atoms with van der Waals surface area (Å²) in [5.41, 5.74) is 0.851. The molecule has 8 heteroatoms. The molecular weight excluding hydrogens is 393 g/mol. The minimum Gasteiger partial charge on any atom is -0.356 e. The van der Waals surface area contributed by atoms with Gasteiger partial charge in [-0.25, -0.2) is 9.97 Å². The van der Waals surface area contributed by atoms with Gasteiger partial charge in [-0.1, -0.05) is 32.9 Å². The van der Waals surface area contributed by atoms with Gasteiger partial charge in [-0.3, -0.25) is 4.79 Å². The topological polar surface area (TPSA) is 58.1 Å². The number of nitrogens with zero attached hydrogens (tertiary/aromatic N) is 3. The minimum absolute atomic E-state index is 0.0210. The third-order valence-electron chi connectivity index (χ3n) is 5.28. The van der Waals surface area contributed by atoms with E-state index in [1.54, 1.807) is 0 Å². The molecule has 1 aromatic heterocycles. The Kier molecular flexibility index (Phi) is 6.06. The number of halogens is 3. The normalized spacial score (nSPS) is 15.9. The molecule has 3 rings (SSSR count). The largest absolute Gasteiger partial charge is 0.433 e. The molecule has 0 aliphatic carbocycles. The van der Waals surface area contributed by atoms with Crippen LogP contribution in [0.1, 0.15) is 61.1 Å². The smallest absolute Gasteiger partial charge is 0.356 e. The van der Waals surface area contributed by atoms with E-state index in [1.807, 2.05) is 29.2 Å². The van der Waals surface area contributed by atoms with Crippen molar-refractivity contribution >= 4 is 11.7 Å². The number of aryl methyl sites for hydroxylation is 1. The zero-order chi connectivity index (χ0) is 22.1. The summed E-state index contributed by atoms with van der Waals surface area (Å²) >= 11 is 0. The van der Waals surface area contributed by atoms with Gasteiger partial charge in [0, 0.05) is 30.8 Å². The number of amides is 1. The van der Waals surface area contributed by atoms with Crippen LogP contribution in [0.5, 0.6) is 0 Å². The monoisotopic (exact) mass is 420 g/mol. The Labute approximate surface area is 174 Å². The van der Waals surface area contributed by atoms with Crippen molar-refractivity contribution in [2.75, 3.05) is 18.0 Å². The van der Waals surface area contributed by atoms with Gasteiger partial charge in [0.05, 0.1) is 0 Å². The highest BCUT2D eigenvalue weighted by Gasteiger charge is 2.34. The molecule has 1 aromatic carbocycles. The molecule has 0 radical (unpaired) electrons. The van der Waals surface area contributed by atoms with Gasteiger partial charge in [-0.05, 0) is 42.9 Å². The predicted octanol–water partition coefficient (Wildman–Crippen LogP) is 4.50. The lowest BCUT2D eigenvalue weighted by molar-refractivity contribution is -0.141. The van der Waals surface area contributed by atoms with Gasteiger partial charge in [0.15, 0.2) is 0 Å². The molecule has 5 nitrogen and oxygen atoms in total. The van der Waals surface area contributed by atoms with Crippen LogP contribution in [-0.2, 0) is 11.6 Å². The van der Waals surface area contributed by atoms with Gasteiger partial charge in [0.2, 0.25) is 0 Å². The van der Waals surface area contributed by atoms with Crippen LogP contribution in [0.25, 0.3) is 0 Å². The predicted molar refractivity (Wildman–Crippen MR) is 110 cm³/mol. The zero-order valence-corrected chi connectivity index (χ0v) is 17.7. The Morgan fingerprint density at radius 2 is 1.67 bits per heavy atom. The van der Waals surface area contributed by atoms with E-state index >= 15 is 0 Å². The number of hydrogen-bond donors (Lipinski definition) is 1. The van der Waals surface area contributed by atoms with Gasteiger partial charge >= 0.3 is 6.18 Å². The molecule has 0 unspecified atom stereocenters. The van der Waals surface area contributed by atoms with Crippen LogP contribution in [-0.4, -0.2) is 35.0 Å². The number of nitrogens with one attached hydrogen (secondary N) is 1. The van der Waals surface area contributed by atoms with Crippen molar-refractivity contribution in [1.82, 2.24) is 15.3 Å². The van der Waals surface area contributed by atoms with E-state index < -0.39 is 11.9 Å². The molecule has 30 heavy (non-hydrogen) atoms.